The summed E-state index contributed by atoms with van der Waals surface area (Å²) in [6.07, 6.45) is 9.45. The van der Waals surface area contributed by atoms with Crippen LogP contribution < -0.4 is 9.47 Å². The highest BCUT2D eigenvalue weighted by Crippen LogP contribution is 2.39. The fourth-order valence-electron chi connectivity index (χ4n) is 5.21. The minimum atomic E-state index is 0.322. The second-order valence-electron chi connectivity index (χ2n) is 8.56. The molecule has 8 rings (SSSR count). The first-order valence-corrected chi connectivity index (χ1v) is 12.1. The van der Waals surface area contributed by atoms with Gasteiger partial charge in [0.25, 0.3) is 0 Å². The summed E-state index contributed by atoms with van der Waals surface area (Å²) in [5.74, 6) is 1.41. The van der Waals surface area contributed by atoms with E-state index in [9.17, 15) is 0 Å². The Kier molecular flexibility index (Phi) is 4.55. The second kappa shape index (κ2) is 7.23. The number of nitrogens with zero attached hydrogens (tertiary/aromatic N) is 4. The van der Waals surface area contributed by atoms with Gasteiger partial charge in [0.05, 0.1) is 12.4 Å². The summed E-state index contributed by atoms with van der Waals surface area (Å²) < 4.78 is 12.6. The van der Waals surface area contributed by atoms with Gasteiger partial charge in [0.1, 0.15) is 12.2 Å². The molecule has 6 aliphatic rings. The van der Waals surface area contributed by atoms with Crippen LogP contribution in [0.15, 0.2) is 12.4 Å². The molecule has 0 N–H and O–H groups in total. The quantitative estimate of drug-likeness (QED) is 0.743. The summed E-state index contributed by atoms with van der Waals surface area (Å²) in [6, 6.07) is 0. The molecule has 6 aliphatic heterocycles. The average molecular weight is 419 g/mol. The van der Waals surface area contributed by atoms with Gasteiger partial charge in [0, 0.05) is 13.1 Å². The largest absolute Gasteiger partial charge is 0.478 e. The zero-order valence-corrected chi connectivity index (χ0v) is 17.6. The Labute approximate surface area is 173 Å². The van der Waals surface area contributed by atoms with Crippen LogP contribution in [-0.4, -0.2) is 71.2 Å². The first kappa shape index (κ1) is 17.6. The standard InChI is InChI=1S/C20H26N4O2S2/c1-5-23-6-2-13(1)15(11-23)25-17-9-21-19(27-17)20-22-10-18(28-20)26-16-12-24-7-3-14(16)4-8-24/h9-10,13-16H,1-8,11-12H2. The van der Waals surface area contributed by atoms with Crippen LogP contribution in [0.2, 0.25) is 0 Å². The first-order chi connectivity index (χ1) is 13.8. The normalized spacial score (nSPS) is 36.6. The van der Waals surface area contributed by atoms with Crippen LogP contribution >= 0.6 is 22.7 Å². The zero-order chi connectivity index (χ0) is 18.5. The van der Waals surface area contributed by atoms with Crippen LogP contribution in [0.4, 0.5) is 0 Å². The van der Waals surface area contributed by atoms with Crippen molar-refractivity contribution < 1.29 is 9.47 Å². The average Bonchev–Trinajstić information content (AvgIpc) is 3.39. The molecular weight excluding hydrogens is 392 g/mol. The number of thiazole rings is 2. The molecule has 150 valence electrons. The molecule has 6 nitrogen and oxygen atoms in total. The highest BCUT2D eigenvalue weighted by molar-refractivity contribution is 7.23. The van der Waals surface area contributed by atoms with E-state index in [0.29, 0.717) is 24.0 Å². The zero-order valence-electron chi connectivity index (χ0n) is 16.0. The molecule has 0 saturated carbocycles. The van der Waals surface area contributed by atoms with E-state index >= 15 is 0 Å². The van der Waals surface area contributed by atoms with E-state index in [1.54, 1.807) is 22.7 Å². The Morgan fingerprint density at radius 1 is 0.714 bits per heavy atom. The first-order valence-electron chi connectivity index (χ1n) is 10.5. The molecule has 0 spiro atoms. The predicted molar refractivity (Wildman–Crippen MR) is 110 cm³/mol. The number of aromatic nitrogens is 2. The van der Waals surface area contributed by atoms with Crippen molar-refractivity contribution in [3.8, 4) is 20.1 Å². The topological polar surface area (TPSA) is 50.7 Å². The molecule has 0 radical (unpaired) electrons. The second-order valence-corrected chi connectivity index (χ2v) is 10.5. The smallest absolute Gasteiger partial charge is 0.194 e. The van der Waals surface area contributed by atoms with Gasteiger partial charge in [-0.15, -0.1) is 0 Å². The Morgan fingerprint density at radius 3 is 1.50 bits per heavy atom. The molecule has 2 aromatic heterocycles. The van der Waals surface area contributed by atoms with Gasteiger partial charge in [0.2, 0.25) is 0 Å². The van der Waals surface area contributed by atoms with Gasteiger partial charge >= 0.3 is 0 Å². The van der Waals surface area contributed by atoms with Crippen molar-refractivity contribution in [3.63, 3.8) is 0 Å². The number of fused-ring (bicyclic) bond motifs is 6. The van der Waals surface area contributed by atoms with E-state index in [4.69, 9.17) is 9.47 Å². The molecule has 28 heavy (non-hydrogen) atoms. The molecule has 2 unspecified atom stereocenters. The van der Waals surface area contributed by atoms with Crippen LogP contribution in [0.5, 0.6) is 10.1 Å². The highest BCUT2D eigenvalue weighted by Gasteiger charge is 2.37. The van der Waals surface area contributed by atoms with E-state index in [0.717, 1.165) is 33.2 Å². The van der Waals surface area contributed by atoms with Gasteiger partial charge in [-0.3, -0.25) is 9.80 Å². The van der Waals surface area contributed by atoms with Gasteiger partial charge in [-0.1, -0.05) is 22.7 Å². The number of rotatable bonds is 5. The lowest BCUT2D eigenvalue weighted by Crippen LogP contribution is -2.52. The van der Waals surface area contributed by atoms with Gasteiger partial charge in [-0.2, -0.15) is 0 Å². The molecule has 0 amide bonds. The Balaban J connectivity index is 1.11. The Hall–Kier alpha value is -1.22. The molecule has 6 fully saturated rings. The van der Waals surface area contributed by atoms with E-state index in [1.165, 1.54) is 51.9 Å². The van der Waals surface area contributed by atoms with Crippen molar-refractivity contribution in [1.29, 1.82) is 0 Å². The Bertz CT molecular complexity index is 756. The molecule has 4 bridgehead atoms. The molecular formula is C20H26N4O2S2. The third-order valence-corrected chi connectivity index (χ3v) is 8.80. The summed E-state index contributed by atoms with van der Waals surface area (Å²) in [6.45, 7) is 7.07. The number of ether oxygens (including phenoxy) is 2. The van der Waals surface area contributed by atoms with Crippen molar-refractivity contribution in [2.45, 2.75) is 37.9 Å². The van der Waals surface area contributed by atoms with Gasteiger partial charge in [0.15, 0.2) is 20.1 Å². The molecule has 8 heterocycles. The summed E-state index contributed by atoms with van der Waals surface area (Å²) in [5.41, 5.74) is 0. The van der Waals surface area contributed by atoms with Crippen LogP contribution in [0.25, 0.3) is 10.0 Å². The molecule has 0 aliphatic carbocycles. The van der Waals surface area contributed by atoms with E-state index < -0.39 is 0 Å². The van der Waals surface area contributed by atoms with Crippen LogP contribution in [0.3, 0.4) is 0 Å². The minimum absolute atomic E-state index is 0.322. The van der Waals surface area contributed by atoms with Crippen molar-refractivity contribution in [3.05, 3.63) is 12.4 Å². The monoisotopic (exact) mass is 418 g/mol. The maximum Gasteiger partial charge on any atom is 0.194 e. The Morgan fingerprint density at radius 2 is 1.14 bits per heavy atom. The lowest BCUT2D eigenvalue weighted by molar-refractivity contribution is -0.00603. The van der Waals surface area contributed by atoms with Gasteiger partial charge in [-0.25, -0.2) is 9.97 Å². The van der Waals surface area contributed by atoms with E-state index in [-0.39, 0.29) is 0 Å². The van der Waals surface area contributed by atoms with Crippen LogP contribution in [0.1, 0.15) is 25.7 Å². The van der Waals surface area contributed by atoms with Crippen molar-refractivity contribution in [2.24, 2.45) is 11.8 Å². The summed E-state index contributed by atoms with van der Waals surface area (Å²) in [5, 5.41) is 3.71. The molecule has 2 atom stereocenters. The maximum atomic E-state index is 6.31. The third-order valence-electron chi connectivity index (χ3n) is 6.88. The van der Waals surface area contributed by atoms with Gasteiger partial charge < -0.3 is 9.47 Å². The predicted octanol–water partition coefficient (Wildman–Crippen LogP) is 3.21. The number of hydrogen-bond acceptors (Lipinski definition) is 8. The summed E-state index contributed by atoms with van der Waals surface area (Å²) in [7, 11) is 0. The lowest BCUT2D eigenvalue weighted by atomic mass is 9.86. The summed E-state index contributed by atoms with van der Waals surface area (Å²) in [4.78, 5) is 14.2. The SMILES string of the molecule is c1nc(-c2ncc(OC3CN4CCC3CC4)s2)sc1OC1CN2CCC1CC2. The molecule has 2 aromatic rings. The third kappa shape index (κ3) is 3.34. The van der Waals surface area contributed by atoms with Crippen molar-refractivity contribution in [1.82, 2.24) is 19.8 Å². The van der Waals surface area contributed by atoms with Crippen molar-refractivity contribution in [2.75, 3.05) is 39.3 Å². The fourth-order valence-corrected chi connectivity index (χ4v) is 6.89. The molecule has 0 aromatic carbocycles. The van der Waals surface area contributed by atoms with E-state index in [1.807, 2.05) is 12.4 Å². The molecule has 6 saturated heterocycles. The fraction of sp³-hybridized carbons (Fsp3) is 0.700. The lowest BCUT2D eigenvalue weighted by Gasteiger charge is -2.44. The highest BCUT2D eigenvalue weighted by atomic mass is 32.1. The van der Waals surface area contributed by atoms with Crippen LogP contribution in [0, 0.1) is 11.8 Å². The summed E-state index contributed by atoms with van der Waals surface area (Å²) >= 11 is 3.22. The minimum Gasteiger partial charge on any atom is -0.478 e. The maximum absolute atomic E-state index is 6.31. The number of hydrogen-bond donors (Lipinski definition) is 0. The number of piperidine rings is 6. The molecule has 8 heteroatoms. The van der Waals surface area contributed by atoms with E-state index in [2.05, 4.69) is 19.8 Å². The van der Waals surface area contributed by atoms with Gasteiger partial charge in [-0.05, 0) is 63.7 Å². The van der Waals surface area contributed by atoms with Crippen molar-refractivity contribution >= 4 is 22.7 Å². The van der Waals surface area contributed by atoms with Crippen LogP contribution in [-0.2, 0) is 0 Å².